The topological polar surface area (TPSA) is 29.1 Å². The van der Waals surface area contributed by atoms with E-state index in [-0.39, 0.29) is 10.7 Å². The summed E-state index contributed by atoms with van der Waals surface area (Å²) in [5.41, 5.74) is -0.296. The number of benzene rings is 2. The van der Waals surface area contributed by atoms with Crippen LogP contribution in [0.2, 0.25) is 5.02 Å². The largest absolute Gasteiger partial charge is 0.418 e. The highest BCUT2D eigenvalue weighted by Crippen LogP contribution is 2.36. The van der Waals surface area contributed by atoms with Gasteiger partial charge in [-0.05, 0) is 36.8 Å². The zero-order valence-electron chi connectivity index (χ0n) is 11.0. The molecular formula is C15H11ClF3NO. The minimum absolute atomic E-state index is 0.0452. The van der Waals surface area contributed by atoms with E-state index < -0.39 is 17.6 Å². The number of amides is 1. The number of hydrogen-bond acceptors (Lipinski definition) is 1. The van der Waals surface area contributed by atoms with Gasteiger partial charge in [-0.1, -0.05) is 29.8 Å². The maximum atomic E-state index is 13.0. The number of hydrogen-bond donors (Lipinski definition) is 1. The first-order chi connectivity index (χ1) is 9.79. The normalized spacial score (nSPS) is 11.3. The molecule has 0 aliphatic heterocycles. The molecule has 0 aliphatic rings. The zero-order chi connectivity index (χ0) is 15.6. The molecule has 0 bridgehead atoms. The molecule has 0 fully saturated rings. The first-order valence-electron chi connectivity index (χ1n) is 6.03. The summed E-state index contributed by atoms with van der Waals surface area (Å²) < 4.78 is 38.9. The molecule has 0 heterocycles. The fourth-order valence-corrected chi connectivity index (χ4v) is 2.05. The summed E-state index contributed by atoms with van der Waals surface area (Å²) in [5, 5.41) is 2.24. The second kappa shape index (κ2) is 5.77. The Balaban J connectivity index is 2.36. The summed E-state index contributed by atoms with van der Waals surface area (Å²) in [6.45, 7) is 1.71. The lowest BCUT2D eigenvalue weighted by molar-refractivity contribution is -0.136. The van der Waals surface area contributed by atoms with Gasteiger partial charge in [-0.15, -0.1) is 0 Å². The third-order valence-electron chi connectivity index (χ3n) is 2.92. The van der Waals surface area contributed by atoms with E-state index in [0.29, 0.717) is 11.1 Å². The van der Waals surface area contributed by atoms with E-state index >= 15 is 0 Å². The van der Waals surface area contributed by atoms with Crippen molar-refractivity contribution in [2.75, 3.05) is 5.32 Å². The summed E-state index contributed by atoms with van der Waals surface area (Å²) in [7, 11) is 0. The maximum Gasteiger partial charge on any atom is 0.418 e. The third kappa shape index (κ3) is 3.55. The molecule has 1 amide bonds. The average Bonchev–Trinajstić information content (AvgIpc) is 2.40. The first-order valence-corrected chi connectivity index (χ1v) is 6.40. The lowest BCUT2D eigenvalue weighted by Gasteiger charge is -2.14. The molecule has 21 heavy (non-hydrogen) atoms. The minimum atomic E-state index is -4.60. The van der Waals surface area contributed by atoms with Gasteiger partial charge in [0.25, 0.3) is 5.91 Å². The molecule has 0 aromatic heterocycles. The fourth-order valence-electron chi connectivity index (χ4n) is 1.88. The molecule has 0 saturated carbocycles. The van der Waals surface area contributed by atoms with Crippen LogP contribution in [-0.4, -0.2) is 5.91 Å². The molecule has 110 valence electrons. The van der Waals surface area contributed by atoms with Crippen LogP contribution in [0.3, 0.4) is 0 Å². The van der Waals surface area contributed by atoms with Crippen molar-refractivity contribution < 1.29 is 18.0 Å². The fraction of sp³-hybridized carbons (Fsp3) is 0.133. The van der Waals surface area contributed by atoms with Crippen molar-refractivity contribution in [2.45, 2.75) is 13.1 Å². The van der Waals surface area contributed by atoms with E-state index in [2.05, 4.69) is 5.32 Å². The van der Waals surface area contributed by atoms with Crippen LogP contribution in [0.1, 0.15) is 21.5 Å². The molecule has 2 nitrogen and oxygen atoms in total. The van der Waals surface area contributed by atoms with Gasteiger partial charge in [0.15, 0.2) is 0 Å². The van der Waals surface area contributed by atoms with E-state index in [1.54, 1.807) is 31.2 Å². The van der Waals surface area contributed by atoms with Gasteiger partial charge >= 0.3 is 6.18 Å². The van der Waals surface area contributed by atoms with Crippen LogP contribution >= 0.6 is 11.6 Å². The average molecular weight is 314 g/mol. The quantitative estimate of drug-likeness (QED) is 0.837. The SMILES string of the molecule is Cc1ccccc1C(=O)Nc1ccc(Cl)cc1C(F)(F)F. The van der Waals surface area contributed by atoms with Gasteiger partial charge in [0, 0.05) is 10.6 Å². The first kappa shape index (κ1) is 15.4. The number of carbonyl (C=O) groups is 1. The van der Waals surface area contributed by atoms with Gasteiger partial charge in [0.1, 0.15) is 0 Å². The van der Waals surface area contributed by atoms with Crippen molar-refractivity contribution >= 4 is 23.2 Å². The Hall–Kier alpha value is -2.01. The number of carbonyl (C=O) groups excluding carboxylic acids is 1. The maximum absolute atomic E-state index is 13.0. The summed E-state index contributed by atoms with van der Waals surface area (Å²) in [6.07, 6.45) is -4.60. The molecule has 0 unspecified atom stereocenters. The predicted octanol–water partition coefficient (Wildman–Crippen LogP) is 4.92. The highest BCUT2D eigenvalue weighted by molar-refractivity contribution is 6.30. The van der Waals surface area contributed by atoms with Crippen LogP contribution in [0.15, 0.2) is 42.5 Å². The zero-order valence-corrected chi connectivity index (χ0v) is 11.7. The second-order valence-corrected chi connectivity index (χ2v) is 4.89. The Morgan fingerprint density at radius 2 is 1.81 bits per heavy atom. The monoisotopic (exact) mass is 313 g/mol. The molecule has 0 radical (unpaired) electrons. The van der Waals surface area contributed by atoms with Gasteiger partial charge in [-0.2, -0.15) is 13.2 Å². The molecule has 0 saturated heterocycles. The van der Waals surface area contributed by atoms with Crippen LogP contribution in [0.25, 0.3) is 0 Å². The van der Waals surface area contributed by atoms with Gasteiger partial charge < -0.3 is 5.32 Å². The van der Waals surface area contributed by atoms with Crippen LogP contribution in [0.5, 0.6) is 0 Å². The van der Waals surface area contributed by atoms with E-state index in [1.807, 2.05) is 0 Å². The highest BCUT2D eigenvalue weighted by Gasteiger charge is 2.34. The van der Waals surface area contributed by atoms with Gasteiger partial charge in [0.2, 0.25) is 0 Å². The van der Waals surface area contributed by atoms with Crippen LogP contribution in [-0.2, 0) is 6.18 Å². The van der Waals surface area contributed by atoms with E-state index in [0.717, 1.165) is 12.1 Å². The molecular weight excluding hydrogens is 303 g/mol. The molecule has 0 atom stereocenters. The predicted molar refractivity (Wildman–Crippen MR) is 75.6 cm³/mol. The lowest BCUT2D eigenvalue weighted by Crippen LogP contribution is -2.17. The molecule has 0 spiro atoms. The van der Waals surface area contributed by atoms with Gasteiger partial charge in [0.05, 0.1) is 11.3 Å². The summed E-state index contributed by atoms with van der Waals surface area (Å²) >= 11 is 5.59. The van der Waals surface area contributed by atoms with Crippen LogP contribution in [0.4, 0.5) is 18.9 Å². The second-order valence-electron chi connectivity index (χ2n) is 4.46. The lowest BCUT2D eigenvalue weighted by atomic mass is 10.1. The Kier molecular flexibility index (Phi) is 4.23. The summed E-state index contributed by atoms with van der Waals surface area (Å²) in [6, 6.07) is 9.87. The van der Waals surface area contributed by atoms with Crippen LogP contribution < -0.4 is 5.32 Å². The summed E-state index contributed by atoms with van der Waals surface area (Å²) in [5.74, 6) is -0.596. The van der Waals surface area contributed by atoms with Gasteiger partial charge in [-0.25, -0.2) is 0 Å². The molecule has 1 N–H and O–H groups in total. The smallest absolute Gasteiger partial charge is 0.321 e. The summed E-state index contributed by atoms with van der Waals surface area (Å²) in [4.78, 5) is 12.1. The van der Waals surface area contributed by atoms with Crippen molar-refractivity contribution in [3.8, 4) is 0 Å². The van der Waals surface area contributed by atoms with Crippen LogP contribution in [0, 0.1) is 6.92 Å². The molecule has 2 rings (SSSR count). The Labute approximate surface area is 124 Å². The Morgan fingerprint density at radius 1 is 1.14 bits per heavy atom. The number of aryl methyl sites for hydroxylation is 1. The number of rotatable bonds is 2. The van der Waals surface area contributed by atoms with E-state index in [1.165, 1.54) is 6.07 Å². The van der Waals surface area contributed by atoms with Gasteiger partial charge in [-0.3, -0.25) is 4.79 Å². The number of alkyl halides is 3. The molecule has 0 aliphatic carbocycles. The van der Waals surface area contributed by atoms with E-state index in [4.69, 9.17) is 11.6 Å². The molecule has 2 aromatic carbocycles. The Bertz CT molecular complexity index is 683. The number of nitrogens with one attached hydrogen (secondary N) is 1. The van der Waals surface area contributed by atoms with E-state index in [9.17, 15) is 18.0 Å². The standard InChI is InChI=1S/C15H11ClF3NO/c1-9-4-2-3-5-11(9)14(21)20-13-7-6-10(16)8-12(13)15(17,18)19/h2-8H,1H3,(H,20,21). The minimum Gasteiger partial charge on any atom is -0.321 e. The van der Waals surface area contributed by atoms with Crippen molar-refractivity contribution in [1.82, 2.24) is 0 Å². The van der Waals surface area contributed by atoms with Crippen molar-refractivity contribution in [2.24, 2.45) is 0 Å². The highest BCUT2D eigenvalue weighted by atomic mass is 35.5. The van der Waals surface area contributed by atoms with Crippen molar-refractivity contribution in [3.63, 3.8) is 0 Å². The third-order valence-corrected chi connectivity index (χ3v) is 3.16. The van der Waals surface area contributed by atoms with Crippen molar-refractivity contribution in [3.05, 3.63) is 64.2 Å². The van der Waals surface area contributed by atoms with Crippen molar-refractivity contribution in [1.29, 1.82) is 0 Å². The Morgan fingerprint density at radius 3 is 2.43 bits per heavy atom. The molecule has 6 heteroatoms. The molecule has 2 aromatic rings. The number of halogens is 4. The number of anilines is 1.